The second kappa shape index (κ2) is 4.74. The molecule has 5 nitrogen and oxygen atoms in total. The Balaban J connectivity index is 1.99. The van der Waals surface area contributed by atoms with Crippen LogP contribution in [0.15, 0.2) is 23.0 Å². The van der Waals surface area contributed by atoms with E-state index < -0.39 is 0 Å². The zero-order chi connectivity index (χ0) is 11.4. The number of hydrogen-bond donors (Lipinski definition) is 1. The molecule has 0 aromatic carbocycles. The Hall–Kier alpha value is -1.91. The second-order valence-corrected chi connectivity index (χ2v) is 3.42. The summed E-state index contributed by atoms with van der Waals surface area (Å²) in [4.78, 5) is 12.5. The van der Waals surface area contributed by atoms with Crippen LogP contribution in [0.2, 0.25) is 0 Å². The van der Waals surface area contributed by atoms with Crippen molar-refractivity contribution in [2.45, 2.75) is 26.8 Å². The molecule has 2 aromatic heterocycles. The molecule has 0 aliphatic rings. The van der Waals surface area contributed by atoms with E-state index in [0.717, 1.165) is 23.7 Å². The Kier molecular flexibility index (Phi) is 3.14. The third-order valence-corrected chi connectivity index (χ3v) is 2.24. The fraction of sp³-hybridized carbons (Fsp3) is 0.364. The molecule has 0 atom stereocenters. The number of nitrogens with zero attached hydrogens (tertiary/aromatic N) is 3. The molecule has 2 heterocycles. The summed E-state index contributed by atoms with van der Waals surface area (Å²) in [6.45, 7) is 4.46. The zero-order valence-corrected chi connectivity index (χ0v) is 9.40. The first kappa shape index (κ1) is 10.6. The van der Waals surface area contributed by atoms with Crippen LogP contribution in [0, 0.1) is 6.92 Å². The minimum atomic E-state index is 0.527. The number of nitrogens with one attached hydrogen (secondary N) is 1. The zero-order valence-electron chi connectivity index (χ0n) is 9.40. The molecule has 84 valence electrons. The van der Waals surface area contributed by atoms with Gasteiger partial charge in [0, 0.05) is 18.8 Å². The van der Waals surface area contributed by atoms with Crippen LogP contribution < -0.4 is 5.32 Å². The van der Waals surface area contributed by atoms with Gasteiger partial charge in [-0.3, -0.25) is 4.98 Å². The summed E-state index contributed by atoms with van der Waals surface area (Å²) in [7, 11) is 0. The molecule has 2 aromatic rings. The van der Waals surface area contributed by atoms with Crippen molar-refractivity contribution in [3.8, 4) is 0 Å². The number of anilines is 1. The lowest BCUT2D eigenvalue weighted by molar-refractivity contribution is 0.465. The lowest BCUT2D eigenvalue weighted by atomic mass is 10.4. The third-order valence-electron chi connectivity index (χ3n) is 2.24. The number of rotatable bonds is 4. The van der Waals surface area contributed by atoms with E-state index in [9.17, 15) is 0 Å². The van der Waals surface area contributed by atoms with Crippen LogP contribution in [0.3, 0.4) is 0 Å². The van der Waals surface area contributed by atoms with Gasteiger partial charge in [-0.1, -0.05) is 6.92 Å². The maximum Gasteiger partial charge on any atom is 0.213 e. The largest absolute Gasteiger partial charge is 0.444 e. The van der Waals surface area contributed by atoms with Crippen LogP contribution in [0.5, 0.6) is 0 Å². The van der Waals surface area contributed by atoms with Gasteiger partial charge in [-0.2, -0.15) is 0 Å². The fourth-order valence-electron chi connectivity index (χ4n) is 1.33. The van der Waals surface area contributed by atoms with Crippen molar-refractivity contribution in [1.29, 1.82) is 0 Å². The molecule has 0 aliphatic carbocycles. The van der Waals surface area contributed by atoms with E-state index in [4.69, 9.17) is 4.42 Å². The molecule has 0 bridgehead atoms. The second-order valence-electron chi connectivity index (χ2n) is 3.42. The molecule has 16 heavy (non-hydrogen) atoms. The van der Waals surface area contributed by atoms with Gasteiger partial charge in [0.2, 0.25) is 5.89 Å². The van der Waals surface area contributed by atoms with Gasteiger partial charge in [0.05, 0.1) is 18.4 Å². The number of hydrogen-bond acceptors (Lipinski definition) is 5. The summed E-state index contributed by atoms with van der Waals surface area (Å²) in [6, 6.07) is 0. The summed E-state index contributed by atoms with van der Waals surface area (Å²) >= 11 is 0. The topological polar surface area (TPSA) is 63.8 Å². The maximum atomic E-state index is 5.47. The molecule has 0 aliphatic heterocycles. The molecule has 0 spiro atoms. The molecule has 0 radical (unpaired) electrons. The highest BCUT2D eigenvalue weighted by Crippen LogP contribution is 2.09. The van der Waals surface area contributed by atoms with Gasteiger partial charge < -0.3 is 9.73 Å². The Morgan fingerprint density at radius 2 is 2.06 bits per heavy atom. The Labute approximate surface area is 94.0 Å². The lowest BCUT2D eigenvalue weighted by Gasteiger charge is -2.04. The molecule has 0 amide bonds. The first-order valence-corrected chi connectivity index (χ1v) is 5.24. The molecule has 5 heteroatoms. The van der Waals surface area contributed by atoms with Crippen LogP contribution in [0.25, 0.3) is 0 Å². The van der Waals surface area contributed by atoms with Crippen LogP contribution in [-0.2, 0) is 13.0 Å². The molecule has 0 saturated carbocycles. The molecule has 1 N–H and O–H groups in total. The van der Waals surface area contributed by atoms with E-state index in [0.29, 0.717) is 12.4 Å². The summed E-state index contributed by atoms with van der Waals surface area (Å²) < 4.78 is 5.47. The van der Waals surface area contributed by atoms with Gasteiger partial charge in [-0.05, 0) is 6.92 Å². The van der Waals surface area contributed by atoms with E-state index in [-0.39, 0.29) is 0 Å². The van der Waals surface area contributed by atoms with Crippen LogP contribution >= 0.6 is 0 Å². The number of oxazole rings is 1. The van der Waals surface area contributed by atoms with Gasteiger partial charge in [0.1, 0.15) is 11.6 Å². The fourth-order valence-corrected chi connectivity index (χ4v) is 1.33. The van der Waals surface area contributed by atoms with Crippen molar-refractivity contribution in [2.24, 2.45) is 0 Å². The van der Waals surface area contributed by atoms with E-state index in [1.54, 1.807) is 18.6 Å². The molecule has 0 fully saturated rings. The molecule has 2 rings (SSSR count). The van der Waals surface area contributed by atoms with Gasteiger partial charge >= 0.3 is 0 Å². The predicted molar refractivity (Wildman–Crippen MR) is 60.0 cm³/mol. The van der Waals surface area contributed by atoms with Crippen molar-refractivity contribution in [3.63, 3.8) is 0 Å². The first-order valence-electron chi connectivity index (χ1n) is 5.24. The number of aromatic nitrogens is 3. The molecular formula is C11H14N4O. The summed E-state index contributed by atoms with van der Waals surface area (Å²) in [5.74, 6) is 2.33. The third kappa shape index (κ3) is 2.36. The Bertz CT molecular complexity index is 467. The average molecular weight is 218 g/mol. The molecule has 0 unspecified atom stereocenters. The number of aryl methyl sites for hydroxylation is 2. The van der Waals surface area contributed by atoms with Crippen molar-refractivity contribution >= 4 is 5.82 Å². The van der Waals surface area contributed by atoms with Gasteiger partial charge in [0.25, 0.3) is 0 Å². The van der Waals surface area contributed by atoms with Crippen molar-refractivity contribution < 1.29 is 4.42 Å². The maximum absolute atomic E-state index is 5.47. The van der Waals surface area contributed by atoms with Gasteiger partial charge in [-0.25, -0.2) is 9.97 Å². The van der Waals surface area contributed by atoms with Gasteiger partial charge in [0.15, 0.2) is 0 Å². The Morgan fingerprint density at radius 3 is 2.75 bits per heavy atom. The van der Waals surface area contributed by atoms with Crippen molar-refractivity contribution in [1.82, 2.24) is 15.0 Å². The molecule has 0 saturated heterocycles. The Morgan fingerprint density at radius 1 is 1.25 bits per heavy atom. The van der Waals surface area contributed by atoms with Crippen LogP contribution in [0.1, 0.15) is 24.3 Å². The van der Waals surface area contributed by atoms with E-state index in [1.165, 1.54) is 0 Å². The minimum Gasteiger partial charge on any atom is -0.444 e. The molecular weight excluding hydrogens is 204 g/mol. The highest BCUT2D eigenvalue weighted by atomic mass is 16.4. The summed E-state index contributed by atoms with van der Waals surface area (Å²) in [6.07, 6.45) is 5.93. The quantitative estimate of drug-likeness (QED) is 0.849. The van der Waals surface area contributed by atoms with Gasteiger partial charge in [-0.15, -0.1) is 0 Å². The summed E-state index contributed by atoms with van der Waals surface area (Å²) in [5.41, 5.74) is 0.866. The normalized spacial score (nSPS) is 10.4. The SMILES string of the molecule is CCc1cnc(CNc2nccnc2C)o1. The average Bonchev–Trinajstić information content (AvgIpc) is 2.76. The minimum absolute atomic E-state index is 0.527. The predicted octanol–water partition coefficient (Wildman–Crippen LogP) is 1.95. The van der Waals surface area contributed by atoms with Crippen LogP contribution in [0.4, 0.5) is 5.82 Å². The van der Waals surface area contributed by atoms with Crippen molar-refractivity contribution in [2.75, 3.05) is 5.32 Å². The smallest absolute Gasteiger partial charge is 0.213 e. The standard InChI is InChI=1S/C11H14N4O/c1-3-9-6-14-10(16-9)7-15-11-8(2)12-4-5-13-11/h4-6H,3,7H2,1-2H3,(H,13,15). The summed E-state index contributed by atoms with van der Waals surface area (Å²) in [5, 5.41) is 3.14. The highest BCUT2D eigenvalue weighted by Gasteiger charge is 2.04. The van der Waals surface area contributed by atoms with E-state index in [1.807, 2.05) is 13.8 Å². The van der Waals surface area contributed by atoms with E-state index >= 15 is 0 Å². The van der Waals surface area contributed by atoms with E-state index in [2.05, 4.69) is 20.3 Å². The first-order chi connectivity index (χ1) is 7.79. The monoisotopic (exact) mass is 218 g/mol. The van der Waals surface area contributed by atoms with Crippen LogP contribution in [-0.4, -0.2) is 15.0 Å². The van der Waals surface area contributed by atoms with Crippen molar-refractivity contribution in [3.05, 3.63) is 35.9 Å². The highest BCUT2D eigenvalue weighted by molar-refractivity contribution is 5.38. The lowest BCUT2D eigenvalue weighted by Crippen LogP contribution is -2.04.